The van der Waals surface area contributed by atoms with Crippen molar-refractivity contribution in [2.45, 2.75) is 62.8 Å². The molecule has 21 heavy (non-hydrogen) atoms. The van der Waals surface area contributed by atoms with Crippen LogP contribution in [0.5, 0.6) is 0 Å². The Hall–Kier alpha value is -0.670. The third-order valence-corrected chi connectivity index (χ3v) is 3.61. The van der Waals surface area contributed by atoms with Gasteiger partial charge in [-0.05, 0) is 25.2 Å². The van der Waals surface area contributed by atoms with Gasteiger partial charge in [0.05, 0.1) is 6.10 Å². The first-order valence-corrected chi connectivity index (χ1v) is 6.14. The maximum absolute atomic E-state index is 12.6. The lowest BCUT2D eigenvalue weighted by atomic mass is 10.0. The van der Waals surface area contributed by atoms with Gasteiger partial charge in [0.25, 0.3) is 0 Å². The molecule has 1 fully saturated rings. The fourth-order valence-corrected chi connectivity index (χ4v) is 2.44. The normalized spacial score (nSPS) is 25.4. The summed E-state index contributed by atoms with van der Waals surface area (Å²) in [5.41, 5.74) is -6.14. The first kappa shape index (κ1) is 18.4. The zero-order chi connectivity index (χ0) is 16.7. The molecule has 1 rings (SSSR count). The molecule has 1 saturated carbocycles. The van der Waals surface area contributed by atoms with E-state index in [2.05, 4.69) is 4.74 Å². The van der Waals surface area contributed by atoms with Gasteiger partial charge in [-0.25, -0.2) is 0 Å². The zero-order valence-electron chi connectivity index (χ0n) is 10.8. The SMILES string of the molecule is CCC1CCC(OC(C(F)(F)F)(C(F)(F)F)C(F)(F)F)C1. The molecule has 0 N–H and O–H groups in total. The second-order valence-corrected chi connectivity index (χ2v) is 5.00. The van der Waals surface area contributed by atoms with Gasteiger partial charge >= 0.3 is 24.1 Å². The lowest BCUT2D eigenvalue weighted by molar-refractivity contribution is -0.464. The predicted molar refractivity (Wildman–Crippen MR) is 53.4 cm³/mol. The second-order valence-electron chi connectivity index (χ2n) is 5.00. The molecule has 1 aliphatic rings. The third kappa shape index (κ3) is 3.24. The number of alkyl halides is 9. The van der Waals surface area contributed by atoms with E-state index in [0.717, 1.165) is 0 Å². The van der Waals surface area contributed by atoms with Gasteiger partial charge in [-0.3, -0.25) is 0 Å². The highest BCUT2D eigenvalue weighted by Crippen LogP contribution is 2.56. The van der Waals surface area contributed by atoms with Crippen LogP contribution in [0, 0.1) is 5.92 Å². The first-order chi connectivity index (χ1) is 9.26. The molecule has 0 aromatic carbocycles. The second kappa shape index (κ2) is 5.51. The number of rotatable bonds is 3. The Kier molecular flexibility index (Phi) is 4.82. The van der Waals surface area contributed by atoms with Gasteiger partial charge in [0.15, 0.2) is 0 Å². The Morgan fingerprint density at radius 2 is 1.24 bits per heavy atom. The highest BCUT2D eigenvalue weighted by Gasteiger charge is 2.86. The summed E-state index contributed by atoms with van der Waals surface area (Å²) < 4.78 is 117. The summed E-state index contributed by atoms with van der Waals surface area (Å²) in [7, 11) is 0. The van der Waals surface area contributed by atoms with Gasteiger partial charge in [-0.1, -0.05) is 13.3 Å². The summed E-state index contributed by atoms with van der Waals surface area (Å²) >= 11 is 0. The van der Waals surface area contributed by atoms with E-state index < -0.39 is 30.2 Å². The van der Waals surface area contributed by atoms with Crippen molar-refractivity contribution in [2.24, 2.45) is 5.92 Å². The zero-order valence-corrected chi connectivity index (χ0v) is 10.8. The molecule has 0 aromatic heterocycles. The molecule has 126 valence electrons. The highest BCUT2D eigenvalue weighted by molar-refractivity contribution is 5.03. The lowest BCUT2D eigenvalue weighted by Crippen LogP contribution is -2.68. The minimum Gasteiger partial charge on any atom is -0.348 e. The van der Waals surface area contributed by atoms with Crippen molar-refractivity contribution < 1.29 is 44.3 Å². The van der Waals surface area contributed by atoms with Crippen molar-refractivity contribution in [3.63, 3.8) is 0 Å². The molecule has 0 spiro atoms. The van der Waals surface area contributed by atoms with Crippen LogP contribution >= 0.6 is 0 Å². The largest absolute Gasteiger partial charge is 0.435 e. The van der Waals surface area contributed by atoms with Gasteiger partial charge in [0.2, 0.25) is 0 Å². The molecule has 1 aliphatic carbocycles. The quantitative estimate of drug-likeness (QED) is 0.660. The number of hydrogen-bond acceptors (Lipinski definition) is 1. The lowest BCUT2D eigenvalue weighted by Gasteiger charge is -2.39. The molecule has 0 heterocycles. The van der Waals surface area contributed by atoms with Crippen LogP contribution in [-0.4, -0.2) is 30.2 Å². The van der Waals surface area contributed by atoms with Crippen LogP contribution in [0.4, 0.5) is 39.5 Å². The van der Waals surface area contributed by atoms with E-state index in [-0.39, 0.29) is 25.2 Å². The van der Waals surface area contributed by atoms with Crippen LogP contribution in [0.3, 0.4) is 0 Å². The van der Waals surface area contributed by atoms with Gasteiger partial charge in [0, 0.05) is 0 Å². The number of hydrogen-bond donors (Lipinski definition) is 0. The molecule has 0 bridgehead atoms. The van der Waals surface area contributed by atoms with E-state index in [9.17, 15) is 39.5 Å². The average Bonchev–Trinajstić information content (AvgIpc) is 2.67. The van der Waals surface area contributed by atoms with Crippen molar-refractivity contribution >= 4 is 0 Å². The first-order valence-electron chi connectivity index (χ1n) is 6.14. The summed E-state index contributed by atoms with van der Waals surface area (Å²) in [5, 5.41) is 0. The van der Waals surface area contributed by atoms with Crippen LogP contribution in [0.2, 0.25) is 0 Å². The molecule has 0 amide bonds. The molecule has 10 heteroatoms. The molecule has 0 aromatic rings. The van der Waals surface area contributed by atoms with Gasteiger partial charge in [-0.2, -0.15) is 39.5 Å². The fourth-order valence-electron chi connectivity index (χ4n) is 2.44. The molecular formula is C11H13F9O. The van der Waals surface area contributed by atoms with Crippen molar-refractivity contribution in [3.8, 4) is 0 Å². The standard InChI is InChI=1S/C11H13F9O/c1-2-6-3-4-7(5-6)21-8(9(12,13)14,10(15,16)17)11(18,19)20/h6-7H,2-5H2,1H3. The van der Waals surface area contributed by atoms with Crippen LogP contribution in [-0.2, 0) is 4.74 Å². The Labute approximate surface area is 114 Å². The van der Waals surface area contributed by atoms with Crippen molar-refractivity contribution in [2.75, 3.05) is 0 Å². The molecule has 0 radical (unpaired) electrons. The Balaban J connectivity index is 3.20. The van der Waals surface area contributed by atoms with Gasteiger partial charge < -0.3 is 4.74 Å². The minimum atomic E-state index is -6.65. The van der Waals surface area contributed by atoms with E-state index in [4.69, 9.17) is 0 Å². The molecule has 0 saturated heterocycles. The Morgan fingerprint density at radius 1 is 0.810 bits per heavy atom. The number of halogens is 9. The van der Waals surface area contributed by atoms with Crippen LogP contribution in [0.1, 0.15) is 32.6 Å². The summed E-state index contributed by atoms with van der Waals surface area (Å²) in [4.78, 5) is 0. The summed E-state index contributed by atoms with van der Waals surface area (Å²) in [5.74, 6) is -0.234. The monoisotopic (exact) mass is 332 g/mol. The van der Waals surface area contributed by atoms with E-state index in [1.54, 1.807) is 6.92 Å². The molecule has 2 atom stereocenters. The smallest absolute Gasteiger partial charge is 0.348 e. The molecule has 2 unspecified atom stereocenters. The maximum atomic E-state index is 12.6. The van der Waals surface area contributed by atoms with Crippen LogP contribution in [0.25, 0.3) is 0 Å². The van der Waals surface area contributed by atoms with Crippen molar-refractivity contribution in [1.29, 1.82) is 0 Å². The third-order valence-electron chi connectivity index (χ3n) is 3.61. The molecule has 1 nitrogen and oxygen atoms in total. The van der Waals surface area contributed by atoms with Crippen LogP contribution in [0.15, 0.2) is 0 Å². The highest BCUT2D eigenvalue weighted by atomic mass is 19.4. The summed E-state index contributed by atoms with van der Waals surface area (Å²) in [6.45, 7) is 1.65. The van der Waals surface area contributed by atoms with E-state index in [1.165, 1.54) is 0 Å². The molecule has 0 aliphatic heterocycles. The fraction of sp³-hybridized carbons (Fsp3) is 1.00. The van der Waals surface area contributed by atoms with Crippen molar-refractivity contribution in [1.82, 2.24) is 0 Å². The van der Waals surface area contributed by atoms with Crippen molar-refractivity contribution in [3.05, 3.63) is 0 Å². The minimum absolute atomic E-state index is 0.234. The average molecular weight is 332 g/mol. The molecular weight excluding hydrogens is 319 g/mol. The summed E-state index contributed by atoms with van der Waals surface area (Å²) in [6, 6.07) is 0. The number of ether oxygens (including phenoxy) is 1. The van der Waals surface area contributed by atoms with E-state index in [1.807, 2.05) is 0 Å². The van der Waals surface area contributed by atoms with Gasteiger partial charge in [0.1, 0.15) is 0 Å². The Bertz CT molecular complexity index is 318. The topological polar surface area (TPSA) is 9.23 Å². The van der Waals surface area contributed by atoms with E-state index >= 15 is 0 Å². The van der Waals surface area contributed by atoms with Crippen LogP contribution < -0.4 is 0 Å². The maximum Gasteiger partial charge on any atom is 0.435 e. The predicted octanol–water partition coefficient (Wildman–Crippen LogP) is 5.01. The Morgan fingerprint density at radius 3 is 1.52 bits per heavy atom. The van der Waals surface area contributed by atoms with Gasteiger partial charge in [-0.15, -0.1) is 0 Å². The van der Waals surface area contributed by atoms with E-state index in [0.29, 0.717) is 6.42 Å². The summed E-state index contributed by atoms with van der Waals surface area (Å²) in [6.07, 6.45) is -21.5.